The van der Waals surface area contributed by atoms with Crippen molar-refractivity contribution in [3.8, 4) is 0 Å². The Hall–Kier alpha value is -1.11. The van der Waals surface area contributed by atoms with Crippen molar-refractivity contribution in [2.75, 3.05) is 38.2 Å². The number of hydrogen-bond acceptors (Lipinski definition) is 5. The van der Waals surface area contributed by atoms with E-state index < -0.39 is 6.10 Å². The number of aromatic nitrogens is 1. The maximum Gasteiger partial charge on any atom is 0.251 e. The second kappa shape index (κ2) is 9.12. The maximum atomic E-state index is 12.3. The first-order chi connectivity index (χ1) is 10.7. The maximum absolute atomic E-state index is 12.3. The third-order valence-corrected chi connectivity index (χ3v) is 4.55. The van der Waals surface area contributed by atoms with Crippen molar-refractivity contribution in [1.82, 2.24) is 14.8 Å². The Kier molecular flexibility index (Phi) is 7.15. The van der Waals surface area contributed by atoms with Crippen LogP contribution in [0, 0.1) is 0 Å². The number of carbonyl (C=O) groups excluding carboxylic acids is 1. The van der Waals surface area contributed by atoms with Gasteiger partial charge < -0.3 is 10.0 Å². The summed E-state index contributed by atoms with van der Waals surface area (Å²) in [6.07, 6.45) is 6.29. The minimum Gasteiger partial charge on any atom is -0.383 e. The van der Waals surface area contributed by atoms with Crippen LogP contribution in [-0.4, -0.2) is 70.1 Å². The Balaban J connectivity index is 1.83. The number of aliphatic hydroxyl groups is 1. The molecule has 2 rings (SSSR count). The molecule has 1 saturated heterocycles. The van der Waals surface area contributed by atoms with Crippen LogP contribution >= 0.6 is 11.8 Å². The Morgan fingerprint density at radius 1 is 1.41 bits per heavy atom. The van der Waals surface area contributed by atoms with E-state index in [9.17, 15) is 9.90 Å². The van der Waals surface area contributed by atoms with Crippen LogP contribution in [0.3, 0.4) is 0 Å². The molecule has 2 heterocycles. The Morgan fingerprint density at radius 3 is 3.00 bits per heavy atom. The summed E-state index contributed by atoms with van der Waals surface area (Å²) in [5.41, 5.74) is 1.20. The third kappa shape index (κ3) is 5.26. The first-order valence-electron chi connectivity index (χ1n) is 7.77. The summed E-state index contributed by atoms with van der Waals surface area (Å²) in [6, 6.07) is 4.03. The number of hydrogen-bond donors (Lipinski definition) is 1. The van der Waals surface area contributed by atoms with Gasteiger partial charge in [-0.2, -0.15) is 11.8 Å². The monoisotopic (exact) mass is 323 g/mol. The molecule has 0 radical (unpaired) electrons. The molecule has 122 valence electrons. The van der Waals surface area contributed by atoms with Gasteiger partial charge in [-0.05, 0) is 36.5 Å². The summed E-state index contributed by atoms with van der Waals surface area (Å²) in [7, 11) is 0. The van der Waals surface area contributed by atoms with Gasteiger partial charge in [0.15, 0.2) is 0 Å². The van der Waals surface area contributed by atoms with E-state index in [1.54, 1.807) is 18.0 Å². The zero-order valence-corrected chi connectivity index (χ0v) is 14.0. The van der Waals surface area contributed by atoms with Crippen molar-refractivity contribution in [3.63, 3.8) is 0 Å². The first kappa shape index (κ1) is 17.2. The molecule has 6 heteroatoms. The molecule has 1 aromatic rings. The average Bonchev–Trinajstić information content (AvgIpc) is 2.78. The van der Waals surface area contributed by atoms with Crippen LogP contribution in [0.5, 0.6) is 0 Å². The number of rotatable bonds is 6. The van der Waals surface area contributed by atoms with E-state index in [4.69, 9.17) is 0 Å². The average molecular weight is 323 g/mol. The fourth-order valence-corrected chi connectivity index (χ4v) is 3.12. The molecular weight excluding hydrogens is 298 g/mol. The molecule has 1 fully saturated rings. The molecular formula is C16H25N3O2S. The van der Waals surface area contributed by atoms with Crippen LogP contribution in [0.4, 0.5) is 0 Å². The van der Waals surface area contributed by atoms with Crippen LogP contribution in [0.25, 0.3) is 0 Å². The molecule has 1 amide bonds. The number of thioether (sulfide) groups is 1. The molecule has 1 aliphatic heterocycles. The molecule has 0 unspecified atom stereocenters. The van der Waals surface area contributed by atoms with Gasteiger partial charge in [0.1, 0.15) is 6.10 Å². The summed E-state index contributed by atoms with van der Waals surface area (Å²) in [5.74, 6) is 0.700. The van der Waals surface area contributed by atoms with Crippen molar-refractivity contribution in [2.24, 2.45) is 0 Å². The van der Waals surface area contributed by atoms with E-state index in [1.165, 1.54) is 5.56 Å². The molecule has 0 saturated carbocycles. The van der Waals surface area contributed by atoms with E-state index in [1.807, 2.05) is 23.4 Å². The number of nitrogens with zero attached hydrogens (tertiary/aromatic N) is 3. The SMILES string of the molecule is CSCC[C@H](O)C(=O)N1CCCN(Cc2cccnc2)CC1. The van der Waals surface area contributed by atoms with Crippen molar-refractivity contribution in [2.45, 2.75) is 25.5 Å². The number of pyridine rings is 1. The highest BCUT2D eigenvalue weighted by molar-refractivity contribution is 7.98. The molecule has 0 aromatic carbocycles. The van der Waals surface area contributed by atoms with Gasteiger partial charge in [-0.25, -0.2) is 0 Å². The van der Waals surface area contributed by atoms with E-state index >= 15 is 0 Å². The number of aliphatic hydroxyl groups excluding tert-OH is 1. The molecule has 1 N–H and O–H groups in total. The third-order valence-electron chi connectivity index (χ3n) is 3.91. The fourth-order valence-electron chi connectivity index (χ4n) is 2.66. The number of carbonyl (C=O) groups is 1. The lowest BCUT2D eigenvalue weighted by Crippen LogP contribution is -2.41. The van der Waals surface area contributed by atoms with E-state index in [-0.39, 0.29) is 5.91 Å². The van der Waals surface area contributed by atoms with Crippen molar-refractivity contribution >= 4 is 17.7 Å². The number of amides is 1. The zero-order valence-electron chi connectivity index (χ0n) is 13.1. The Labute approximate surface area is 136 Å². The van der Waals surface area contributed by atoms with Gasteiger partial charge in [-0.15, -0.1) is 0 Å². The van der Waals surface area contributed by atoms with Gasteiger partial charge in [0.25, 0.3) is 5.91 Å². The Morgan fingerprint density at radius 2 is 2.27 bits per heavy atom. The highest BCUT2D eigenvalue weighted by Crippen LogP contribution is 2.11. The second-order valence-electron chi connectivity index (χ2n) is 5.61. The second-order valence-corrected chi connectivity index (χ2v) is 6.60. The highest BCUT2D eigenvalue weighted by Gasteiger charge is 2.24. The predicted molar refractivity (Wildman–Crippen MR) is 89.7 cm³/mol. The van der Waals surface area contributed by atoms with Crippen LogP contribution < -0.4 is 0 Å². The van der Waals surface area contributed by atoms with E-state index in [0.29, 0.717) is 13.0 Å². The lowest BCUT2D eigenvalue weighted by Gasteiger charge is -2.24. The summed E-state index contributed by atoms with van der Waals surface area (Å²) >= 11 is 1.65. The van der Waals surface area contributed by atoms with Crippen LogP contribution in [0.1, 0.15) is 18.4 Å². The standard InChI is InChI=1S/C16H25N3O2S/c1-22-11-5-15(20)16(21)19-8-3-7-18(9-10-19)13-14-4-2-6-17-12-14/h2,4,6,12,15,20H,3,5,7-11,13H2,1H3/t15-/m0/s1. The molecule has 5 nitrogen and oxygen atoms in total. The molecule has 0 aliphatic carbocycles. The van der Waals surface area contributed by atoms with Gasteiger partial charge in [-0.3, -0.25) is 14.7 Å². The van der Waals surface area contributed by atoms with Gasteiger partial charge in [-0.1, -0.05) is 6.07 Å². The summed E-state index contributed by atoms with van der Waals surface area (Å²) in [6.45, 7) is 4.11. The fraction of sp³-hybridized carbons (Fsp3) is 0.625. The van der Waals surface area contributed by atoms with Gasteiger partial charge in [0, 0.05) is 45.1 Å². The van der Waals surface area contributed by atoms with Gasteiger partial charge >= 0.3 is 0 Å². The minimum atomic E-state index is -0.850. The Bertz CT molecular complexity index is 458. The minimum absolute atomic E-state index is 0.114. The normalized spacial score (nSPS) is 18.0. The lowest BCUT2D eigenvalue weighted by atomic mass is 10.2. The quantitative estimate of drug-likeness (QED) is 0.853. The summed E-state index contributed by atoms with van der Waals surface area (Å²) in [5, 5.41) is 9.97. The summed E-state index contributed by atoms with van der Waals surface area (Å²) in [4.78, 5) is 20.6. The topological polar surface area (TPSA) is 56.7 Å². The predicted octanol–water partition coefficient (Wildman–Crippen LogP) is 1.23. The van der Waals surface area contributed by atoms with Crippen LogP contribution in [-0.2, 0) is 11.3 Å². The highest BCUT2D eigenvalue weighted by atomic mass is 32.2. The van der Waals surface area contributed by atoms with Gasteiger partial charge in [0.2, 0.25) is 0 Å². The molecule has 1 aromatic heterocycles. The first-order valence-corrected chi connectivity index (χ1v) is 9.17. The van der Waals surface area contributed by atoms with Crippen molar-refractivity contribution < 1.29 is 9.90 Å². The zero-order chi connectivity index (χ0) is 15.8. The lowest BCUT2D eigenvalue weighted by molar-refractivity contribution is -0.140. The van der Waals surface area contributed by atoms with Crippen molar-refractivity contribution in [1.29, 1.82) is 0 Å². The van der Waals surface area contributed by atoms with E-state index in [0.717, 1.165) is 38.4 Å². The smallest absolute Gasteiger partial charge is 0.251 e. The molecule has 0 spiro atoms. The molecule has 1 aliphatic rings. The molecule has 22 heavy (non-hydrogen) atoms. The molecule has 0 bridgehead atoms. The van der Waals surface area contributed by atoms with Crippen LogP contribution in [0.15, 0.2) is 24.5 Å². The van der Waals surface area contributed by atoms with Gasteiger partial charge in [0.05, 0.1) is 0 Å². The summed E-state index contributed by atoms with van der Waals surface area (Å²) < 4.78 is 0. The van der Waals surface area contributed by atoms with Crippen LogP contribution in [0.2, 0.25) is 0 Å². The largest absolute Gasteiger partial charge is 0.383 e. The molecule has 1 atom stereocenters. The van der Waals surface area contributed by atoms with E-state index in [2.05, 4.69) is 16.0 Å². The van der Waals surface area contributed by atoms with Crippen molar-refractivity contribution in [3.05, 3.63) is 30.1 Å².